The first-order chi connectivity index (χ1) is 17.3. The van der Waals surface area contributed by atoms with Crippen molar-refractivity contribution in [3.8, 4) is 22.5 Å². The van der Waals surface area contributed by atoms with Crippen LogP contribution in [0.5, 0.6) is 0 Å². The highest BCUT2D eigenvalue weighted by Gasteiger charge is 2.16. The first-order valence-corrected chi connectivity index (χ1v) is 12.8. The van der Waals surface area contributed by atoms with Crippen LogP contribution in [-0.2, 0) is 19.4 Å². The van der Waals surface area contributed by atoms with E-state index in [9.17, 15) is 0 Å². The highest BCUT2D eigenvalue weighted by Crippen LogP contribution is 2.30. The highest BCUT2D eigenvalue weighted by molar-refractivity contribution is 5.80. The van der Waals surface area contributed by atoms with Gasteiger partial charge in [-0.3, -0.25) is 0 Å². The molecule has 0 radical (unpaired) electrons. The predicted octanol–water partition coefficient (Wildman–Crippen LogP) is 5.81. The molecule has 0 amide bonds. The lowest BCUT2D eigenvalue weighted by Gasteiger charge is -2.20. The van der Waals surface area contributed by atoms with Crippen molar-refractivity contribution in [3.05, 3.63) is 78.4 Å². The molecule has 2 aromatic heterocycles. The van der Waals surface area contributed by atoms with Crippen LogP contribution in [0.1, 0.15) is 62.2 Å². The Kier molecular flexibility index (Phi) is 7.41. The number of nitrogens with zero attached hydrogens (tertiary/aromatic N) is 6. The van der Waals surface area contributed by atoms with Crippen molar-refractivity contribution in [2.75, 3.05) is 0 Å². The van der Waals surface area contributed by atoms with Crippen molar-refractivity contribution in [1.82, 2.24) is 35.4 Å². The number of allylic oxidation sites excluding steroid dienone is 1. The minimum atomic E-state index is 0.667. The van der Waals surface area contributed by atoms with Gasteiger partial charge in [0.25, 0.3) is 0 Å². The summed E-state index contributed by atoms with van der Waals surface area (Å²) in [5, 5.41) is 19.3. The van der Waals surface area contributed by atoms with Gasteiger partial charge in [0.1, 0.15) is 5.82 Å². The largest absolute Gasteiger partial charge is 0.245 e. The van der Waals surface area contributed by atoms with Crippen LogP contribution in [0.15, 0.2) is 61.2 Å². The molecule has 35 heavy (non-hydrogen) atoms. The van der Waals surface area contributed by atoms with E-state index in [1.54, 1.807) is 0 Å². The Morgan fingerprint density at radius 3 is 2.51 bits per heavy atom. The number of nitrogens with one attached hydrogen (secondary N) is 1. The fraction of sp³-hybridized carbons (Fsp3) is 0.393. The molecule has 2 aromatic carbocycles. The molecule has 0 unspecified atom stereocenters. The van der Waals surface area contributed by atoms with E-state index in [0.29, 0.717) is 5.82 Å². The summed E-state index contributed by atoms with van der Waals surface area (Å²) >= 11 is 0. The molecule has 0 aliphatic heterocycles. The number of tetrazole rings is 1. The van der Waals surface area contributed by atoms with Gasteiger partial charge in [0.15, 0.2) is 11.6 Å². The van der Waals surface area contributed by atoms with Crippen LogP contribution in [0.25, 0.3) is 22.5 Å². The standard InChI is InChI=1S/C28H33N7/c1-2-3-13-27-29-26(19-16-21-9-5-4-6-10-21)32-35(27)20-22-14-17-23(18-15-22)24-11-7-8-12-25(24)28-30-33-34-31-28/h2,7-8,11-12,14-15,17-18,21H,1,3-6,9-10,13,16,19-20H2,(H,30,31,33,34). The Morgan fingerprint density at radius 2 is 1.77 bits per heavy atom. The highest BCUT2D eigenvalue weighted by atomic mass is 15.5. The van der Waals surface area contributed by atoms with Gasteiger partial charge in [0, 0.05) is 18.4 Å². The van der Waals surface area contributed by atoms with Crippen LogP contribution >= 0.6 is 0 Å². The average molecular weight is 468 g/mol. The van der Waals surface area contributed by atoms with Gasteiger partial charge in [-0.15, -0.1) is 11.7 Å². The number of hydrogen-bond donors (Lipinski definition) is 1. The zero-order chi connectivity index (χ0) is 23.9. The van der Waals surface area contributed by atoms with Crippen molar-refractivity contribution in [3.63, 3.8) is 0 Å². The van der Waals surface area contributed by atoms with E-state index in [1.165, 1.54) is 44.1 Å². The van der Waals surface area contributed by atoms with E-state index in [4.69, 9.17) is 10.1 Å². The number of H-pyrrole nitrogens is 1. The molecule has 1 fully saturated rings. The third kappa shape index (κ3) is 5.73. The number of rotatable bonds is 10. The number of aromatic nitrogens is 7. The van der Waals surface area contributed by atoms with Gasteiger partial charge in [0.05, 0.1) is 6.54 Å². The number of aromatic amines is 1. The van der Waals surface area contributed by atoms with E-state index < -0.39 is 0 Å². The molecule has 1 N–H and O–H groups in total. The molecule has 0 atom stereocenters. The minimum Gasteiger partial charge on any atom is -0.245 e. The van der Waals surface area contributed by atoms with Crippen molar-refractivity contribution in [2.24, 2.45) is 5.92 Å². The molecule has 180 valence electrons. The molecule has 1 saturated carbocycles. The van der Waals surface area contributed by atoms with Crippen molar-refractivity contribution >= 4 is 0 Å². The number of aryl methyl sites for hydroxylation is 2. The zero-order valence-corrected chi connectivity index (χ0v) is 20.2. The van der Waals surface area contributed by atoms with Crippen LogP contribution < -0.4 is 0 Å². The van der Waals surface area contributed by atoms with Crippen LogP contribution in [0.4, 0.5) is 0 Å². The minimum absolute atomic E-state index is 0.667. The van der Waals surface area contributed by atoms with E-state index >= 15 is 0 Å². The lowest BCUT2D eigenvalue weighted by molar-refractivity contribution is 0.337. The maximum Gasteiger partial charge on any atom is 0.180 e. The van der Waals surface area contributed by atoms with Crippen molar-refractivity contribution in [2.45, 2.75) is 64.3 Å². The van der Waals surface area contributed by atoms with Gasteiger partial charge < -0.3 is 0 Å². The topological polar surface area (TPSA) is 85.2 Å². The molecule has 0 spiro atoms. The summed E-state index contributed by atoms with van der Waals surface area (Å²) in [6.07, 6.45) is 12.8. The van der Waals surface area contributed by atoms with Gasteiger partial charge in [-0.05, 0) is 45.9 Å². The average Bonchev–Trinajstić information content (AvgIpc) is 3.58. The second-order valence-corrected chi connectivity index (χ2v) is 9.46. The SMILES string of the molecule is C=CCCc1nc(CCC2CCCCC2)nn1Cc1ccc(-c2ccccc2-c2nnn[nH]2)cc1. The van der Waals surface area contributed by atoms with Gasteiger partial charge >= 0.3 is 0 Å². The van der Waals surface area contributed by atoms with Crippen LogP contribution in [0, 0.1) is 5.92 Å². The monoisotopic (exact) mass is 467 g/mol. The maximum atomic E-state index is 4.92. The van der Waals surface area contributed by atoms with Gasteiger partial charge in [-0.25, -0.2) is 14.8 Å². The second-order valence-electron chi connectivity index (χ2n) is 9.46. The molecular weight excluding hydrogens is 434 g/mol. The summed E-state index contributed by atoms with van der Waals surface area (Å²) in [5.41, 5.74) is 4.40. The molecule has 2 heterocycles. The predicted molar refractivity (Wildman–Crippen MR) is 138 cm³/mol. The van der Waals surface area contributed by atoms with Crippen molar-refractivity contribution in [1.29, 1.82) is 0 Å². The Morgan fingerprint density at radius 1 is 0.971 bits per heavy atom. The van der Waals surface area contributed by atoms with Gasteiger partial charge in [-0.1, -0.05) is 86.7 Å². The van der Waals surface area contributed by atoms with E-state index in [-0.39, 0.29) is 0 Å². The molecule has 7 nitrogen and oxygen atoms in total. The van der Waals surface area contributed by atoms with E-state index in [1.807, 2.05) is 24.3 Å². The van der Waals surface area contributed by atoms with E-state index in [2.05, 4.69) is 62.2 Å². The van der Waals surface area contributed by atoms with Crippen LogP contribution in [0.2, 0.25) is 0 Å². The Bertz CT molecular complexity index is 1220. The second kappa shape index (κ2) is 11.2. The molecule has 1 aliphatic rings. The van der Waals surface area contributed by atoms with Crippen molar-refractivity contribution < 1.29 is 0 Å². The molecule has 7 heteroatoms. The fourth-order valence-electron chi connectivity index (χ4n) is 5.06. The third-order valence-corrected chi connectivity index (χ3v) is 6.99. The Labute approximate surface area is 206 Å². The quantitative estimate of drug-likeness (QED) is 0.298. The lowest BCUT2D eigenvalue weighted by atomic mass is 9.86. The Balaban J connectivity index is 1.31. The molecule has 5 rings (SSSR count). The van der Waals surface area contributed by atoms with E-state index in [0.717, 1.165) is 60.1 Å². The smallest absolute Gasteiger partial charge is 0.180 e. The molecule has 4 aromatic rings. The van der Waals surface area contributed by atoms with Crippen LogP contribution in [-0.4, -0.2) is 35.4 Å². The number of benzene rings is 2. The maximum absolute atomic E-state index is 4.92. The first-order valence-electron chi connectivity index (χ1n) is 12.8. The summed E-state index contributed by atoms with van der Waals surface area (Å²) in [6, 6.07) is 16.8. The number of hydrogen-bond acceptors (Lipinski definition) is 5. The van der Waals surface area contributed by atoms with Gasteiger partial charge in [-0.2, -0.15) is 5.10 Å². The molecule has 0 saturated heterocycles. The summed E-state index contributed by atoms with van der Waals surface area (Å²) in [6.45, 7) is 4.60. The van der Waals surface area contributed by atoms with Gasteiger partial charge in [0.2, 0.25) is 0 Å². The molecule has 0 bridgehead atoms. The summed E-state index contributed by atoms with van der Waals surface area (Å²) in [7, 11) is 0. The summed E-state index contributed by atoms with van der Waals surface area (Å²) < 4.78 is 2.09. The third-order valence-electron chi connectivity index (χ3n) is 6.99. The Hall–Kier alpha value is -3.61. The summed E-state index contributed by atoms with van der Waals surface area (Å²) in [4.78, 5) is 4.92. The molecular formula is C28H33N7. The normalized spacial score (nSPS) is 14.3. The molecule has 1 aliphatic carbocycles. The lowest BCUT2D eigenvalue weighted by Crippen LogP contribution is -2.08. The zero-order valence-electron chi connectivity index (χ0n) is 20.2. The van der Waals surface area contributed by atoms with Crippen LogP contribution in [0.3, 0.4) is 0 Å². The summed E-state index contributed by atoms with van der Waals surface area (Å²) in [5.74, 6) is 3.55. The first kappa shape index (κ1) is 23.1. The fourth-order valence-corrected chi connectivity index (χ4v) is 5.06.